The largest absolute Gasteiger partial charge is 0.477 e. The fraction of sp³-hybridized carbons (Fsp3) is 0.348. The number of anilines is 2. The average molecular weight is 419 g/mol. The number of likely N-dealkylation sites (N-methyl/N-ethyl adjacent to an activating group) is 1. The molecule has 0 N–H and O–H groups in total. The van der Waals surface area contributed by atoms with E-state index in [0.717, 1.165) is 43.2 Å². The molecule has 1 amide bonds. The van der Waals surface area contributed by atoms with Crippen LogP contribution in [0.15, 0.2) is 59.5 Å². The summed E-state index contributed by atoms with van der Waals surface area (Å²) in [5.74, 6) is 2.02. The molecule has 0 spiro atoms. The molecule has 3 aromatic rings. The molecule has 2 aliphatic heterocycles. The molecular weight excluding hydrogens is 394 g/mol. The van der Waals surface area contributed by atoms with Gasteiger partial charge in [0.25, 0.3) is 5.91 Å². The topological polar surface area (TPSA) is 74.9 Å². The second kappa shape index (κ2) is 8.39. The quantitative estimate of drug-likeness (QED) is 0.629. The van der Waals surface area contributed by atoms with Gasteiger partial charge in [0.05, 0.1) is 6.20 Å². The summed E-state index contributed by atoms with van der Waals surface area (Å²) in [7, 11) is 2.12. The molecule has 160 valence electrons. The highest BCUT2D eigenvalue weighted by atomic mass is 16.5. The maximum absolute atomic E-state index is 13.1. The number of benzene rings is 1. The van der Waals surface area contributed by atoms with Crippen molar-refractivity contribution in [3.8, 4) is 17.2 Å². The standard InChI is InChI=1S/C23H25N5O3/c1-26-12-14-27(15-13-26)21-19(3-2-9-24-21)31-20-8-11-28(23(20)29)18-6-4-17(5-7-18)22-25-10-16-30-22/h2-7,9-10,16,20H,8,11-15H2,1H3. The Balaban J connectivity index is 1.29. The number of nitrogens with zero attached hydrogens (tertiary/aromatic N) is 5. The Morgan fingerprint density at radius 2 is 1.81 bits per heavy atom. The lowest BCUT2D eigenvalue weighted by atomic mass is 10.2. The molecule has 1 unspecified atom stereocenters. The number of ether oxygens (including phenoxy) is 1. The van der Waals surface area contributed by atoms with Crippen LogP contribution in [0.3, 0.4) is 0 Å². The Hall–Kier alpha value is -3.39. The van der Waals surface area contributed by atoms with Crippen LogP contribution in [0.25, 0.3) is 11.5 Å². The number of hydrogen-bond acceptors (Lipinski definition) is 7. The van der Waals surface area contributed by atoms with Gasteiger partial charge in [0, 0.05) is 56.6 Å². The van der Waals surface area contributed by atoms with Gasteiger partial charge >= 0.3 is 0 Å². The summed E-state index contributed by atoms with van der Waals surface area (Å²) in [5.41, 5.74) is 1.72. The first kappa shape index (κ1) is 19.6. The Bertz CT molecular complexity index is 1030. The molecule has 0 aliphatic carbocycles. The van der Waals surface area contributed by atoms with Crippen molar-refractivity contribution in [2.24, 2.45) is 0 Å². The summed E-state index contributed by atoms with van der Waals surface area (Å²) >= 11 is 0. The number of hydrogen-bond donors (Lipinski definition) is 0. The number of rotatable bonds is 5. The van der Waals surface area contributed by atoms with Gasteiger partial charge in [-0.2, -0.15) is 0 Å². The minimum atomic E-state index is -0.512. The van der Waals surface area contributed by atoms with Crippen LogP contribution in [0.5, 0.6) is 5.75 Å². The van der Waals surface area contributed by atoms with Crippen LogP contribution in [-0.4, -0.2) is 66.7 Å². The van der Waals surface area contributed by atoms with Crippen LogP contribution >= 0.6 is 0 Å². The van der Waals surface area contributed by atoms with Crippen LogP contribution < -0.4 is 14.5 Å². The van der Waals surface area contributed by atoms with Crippen LogP contribution in [0.2, 0.25) is 0 Å². The van der Waals surface area contributed by atoms with E-state index in [1.807, 2.05) is 36.4 Å². The molecule has 5 rings (SSSR count). The van der Waals surface area contributed by atoms with Crippen LogP contribution in [0.4, 0.5) is 11.5 Å². The third kappa shape index (κ3) is 3.98. The van der Waals surface area contributed by atoms with E-state index in [4.69, 9.17) is 9.15 Å². The Morgan fingerprint density at radius 3 is 2.55 bits per heavy atom. The number of amides is 1. The molecular formula is C23H25N5O3. The zero-order chi connectivity index (χ0) is 21.2. The van der Waals surface area contributed by atoms with Crippen molar-refractivity contribution in [2.75, 3.05) is 49.6 Å². The van der Waals surface area contributed by atoms with Crippen molar-refractivity contribution in [1.29, 1.82) is 0 Å². The second-order valence-corrected chi connectivity index (χ2v) is 7.88. The molecule has 2 aliphatic rings. The summed E-state index contributed by atoms with van der Waals surface area (Å²) in [6.45, 7) is 4.37. The first-order chi connectivity index (χ1) is 15.2. The van der Waals surface area contributed by atoms with Gasteiger partial charge < -0.3 is 23.9 Å². The van der Waals surface area contributed by atoms with Crippen LogP contribution in [-0.2, 0) is 4.79 Å². The molecule has 2 aromatic heterocycles. The number of carbonyl (C=O) groups is 1. The molecule has 2 saturated heterocycles. The van der Waals surface area contributed by atoms with Gasteiger partial charge in [-0.3, -0.25) is 4.79 Å². The SMILES string of the molecule is CN1CCN(c2ncccc2OC2CCN(c3ccc(-c4ncco4)cc3)C2=O)CC1. The maximum Gasteiger partial charge on any atom is 0.268 e. The fourth-order valence-corrected chi connectivity index (χ4v) is 4.05. The fourth-order valence-electron chi connectivity index (χ4n) is 4.05. The first-order valence-corrected chi connectivity index (χ1v) is 10.6. The molecule has 4 heterocycles. The first-order valence-electron chi connectivity index (χ1n) is 10.6. The molecule has 1 aromatic carbocycles. The third-order valence-corrected chi connectivity index (χ3v) is 5.84. The minimum absolute atomic E-state index is 0.0305. The zero-order valence-corrected chi connectivity index (χ0v) is 17.5. The molecule has 0 saturated carbocycles. The minimum Gasteiger partial charge on any atom is -0.477 e. The van der Waals surface area contributed by atoms with Gasteiger partial charge in [0.15, 0.2) is 17.7 Å². The van der Waals surface area contributed by atoms with Gasteiger partial charge in [0.1, 0.15) is 6.26 Å². The van der Waals surface area contributed by atoms with Gasteiger partial charge in [0.2, 0.25) is 5.89 Å². The van der Waals surface area contributed by atoms with Gasteiger partial charge in [-0.15, -0.1) is 0 Å². The highest BCUT2D eigenvalue weighted by Crippen LogP contribution is 2.31. The Kier molecular flexibility index (Phi) is 5.30. The average Bonchev–Trinajstić information content (AvgIpc) is 3.46. The van der Waals surface area contributed by atoms with E-state index in [9.17, 15) is 4.79 Å². The van der Waals surface area contributed by atoms with E-state index in [1.54, 1.807) is 23.6 Å². The van der Waals surface area contributed by atoms with Crippen molar-refractivity contribution >= 4 is 17.4 Å². The van der Waals surface area contributed by atoms with E-state index < -0.39 is 6.10 Å². The second-order valence-electron chi connectivity index (χ2n) is 7.88. The summed E-state index contributed by atoms with van der Waals surface area (Å²) in [6.07, 6.45) is 5.06. The molecule has 8 heteroatoms. The predicted molar refractivity (Wildman–Crippen MR) is 117 cm³/mol. The summed E-state index contributed by atoms with van der Waals surface area (Å²) < 4.78 is 11.5. The van der Waals surface area contributed by atoms with E-state index in [-0.39, 0.29) is 5.91 Å². The van der Waals surface area contributed by atoms with E-state index in [0.29, 0.717) is 24.6 Å². The van der Waals surface area contributed by atoms with Crippen LogP contribution in [0.1, 0.15) is 6.42 Å². The lowest BCUT2D eigenvalue weighted by Crippen LogP contribution is -2.45. The molecule has 31 heavy (non-hydrogen) atoms. The maximum atomic E-state index is 13.1. The van der Waals surface area contributed by atoms with Crippen molar-refractivity contribution in [2.45, 2.75) is 12.5 Å². The molecule has 8 nitrogen and oxygen atoms in total. The summed E-state index contributed by atoms with van der Waals surface area (Å²) in [4.78, 5) is 28.1. The Labute approximate surface area is 181 Å². The van der Waals surface area contributed by atoms with Gasteiger partial charge in [-0.1, -0.05) is 0 Å². The molecule has 1 atom stereocenters. The number of aromatic nitrogens is 2. The van der Waals surface area contributed by atoms with Crippen molar-refractivity contribution < 1.29 is 13.9 Å². The van der Waals surface area contributed by atoms with E-state index >= 15 is 0 Å². The van der Waals surface area contributed by atoms with Crippen molar-refractivity contribution in [3.05, 3.63) is 55.1 Å². The molecule has 2 fully saturated rings. The monoisotopic (exact) mass is 419 g/mol. The lowest BCUT2D eigenvalue weighted by molar-refractivity contribution is -0.122. The molecule has 0 radical (unpaired) electrons. The summed E-state index contributed by atoms with van der Waals surface area (Å²) in [6, 6.07) is 11.4. The number of carbonyl (C=O) groups excluding carboxylic acids is 1. The number of pyridine rings is 1. The highest BCUT2D eigenvalue weighted by molar-refractivity contribution is 5.99. The van der Waals surface area contributed by atoms with Crippen molar-refractivity contribution in [1.82, 2.24) is 14.9 Å². The zero-order valence-electron chi connectivity index (χ0n) is 17.5. The van der Waals surface area contributed by atoms with E-state index in [2.05, 4.69) is 26.8 Å². The molecule has 0 bridgehead atoms. The smallest absolute Gasteiger partial charge is 0.268 e. The number of piperazine rings is 1. The third-order valence-electron chi connectivity index (χ3n) is 5.84. The normalized spacial score (nSPS) is 19.8. The number of oxazole rings is 1. The van der Waals surface area contributed by atoms with Gasteiger partial charge in [-0.25, -0.2) is 9.97 Å². The van der Waals surface area contributed by atoms with Gasteiger partial charge in [-0.05, 0) is 43.4 Å². The van der Waals surface area contributed by atoms with Crippen molar-refractivity contribution in [3.63, 3.8) is 0 Å². The van der Waals surface area contributed by atoms with Crippen LogP contribution in [0, 0.1) is 0 Å². The summed E-state index contributed by atoms with van der Waals surface area (Å²) in [5, 5.41) is 0. The lowest BCUT2D eigenvalue weighted by Gasteiger charge is -2.34. The highest BCUT2D eigenvalue weighted by Gasteiger charge is 2.35. The Morgan fingerprint density at radius 1 is 1.00 bits per heavy atom. The predicted octanol–water partition coefficient (Wildman–Crippen LogP) is 2.67. The van der Waals surface area contributed by atoms with E-state index in [1.165, 1.54) is 0 Å².